The van der Waals surface area contributed by atoms with E-state index in [1.165, 1.54) is 0 Å². The van der Waals surface area contributed by atoms with Crippen LogP contribution in [0.15, 0.2) is 0 Å². The largest absolute Gasteiger partial charge is 0.480 e. The van der Waals surface area contributed by atoms with E-state index in [1.54, 1.807) is 9.80 Å². The zero-order valence-electron chi connectivity index (χ0n) is 12.2. The second-order valence-corrected chi connectivity index (χ2v) is 5.82. The van der Waals surface area contributed by atoms with E-state index in [2.05, 4.69) is 0 Å². The minimum atomic E-state index is -0.894. The second-order valence-electron chi connectivity index (χ2n) is 5.82. The monoisotopic (exact) mass is 284 g/mol. The molecule has 2 amide bonds. The summed E-state index contributed by atoms with van der Waals surface area (Å²) in [7, 11) is 0. The minimum absolute atomic E-state index is 0.00334. The molecular weight excluding hydrogens is 260 g/mol. The molecule has 0 spiro atoms. The van der Waals surface area contributed by atoms with Crippen molar-refractivity contribution >= 4 is 12.0 Å². The lowest BCUT2D eigenvalue weighted by Crippen LogP contribution is -2.57. The van der Waals surface area contributed by atoms with E-state index < -0.39 is 12.0 Å². The van der Waals surface area contributed by atoms with Crippen LogP contribution in [0.1, 0.15) is 39.5 Å². The molecule has 0 aromatic rings. The average Bonchev–Trinajstić information content (AvgIpc) is 2.66. The van der Waals surface area contributed by atoms with E-state index in [-0.39, 0.29) is 18.2 Å². The Hall–Kier alpha value is -1.30. The van der Waals surface area contributed by atoms with Gasteiger partial charge in [0.15, 0.2) is 0 Å². The lowest BCUT2D eigenvalue weighted by Gasteiger charge is -2.40. The van der Waals surface area contributed by atoms with Crippen molar-refractivity contribution in [2.24, 2.45) is 0 Å². The molecule has 2 aliphatic heterocycles. The molecule has 3 unspecified atom stereocenters. The summed E-state index contributed by atoms with van der Waals surface area (Å²) in [5.74, 6) is -0.894. The van der Waals surface area contributed by atoms with Crippen molar-refractivity contribution < 1.29 is 19.4 Å². The molecule has 2 saturated heterocycles. The van der Waals surface area contributed by atoms with E-state index in [0.717, 1.165) is 19.3 Å². The van der Waals surface area contributed by atoms with Gasteiger partial charge in [0, 0.05) is 13.1 Å². The Morgan fingerprint density at radius 2 is 1.90 bits per heavy atom. The van der Waals surface area contributed by atoms with Crippen LogP contribution < -0.4 is 0 Å². The maximum absolute atomic E-state index is 12.7. The SMILES string of the molecule is CC1CN(C(=O)N2CCCCCC2C(=O)O)C(C)CO1. The summed E-state index contributed by atoms with van der Waals surface area (Å²) < 4.78 is 5.53. The molecule has 2 rings (SSSR count). The van der Waals surface area contributed by atoms with Crippen molar-refractivity contribution in [1.82, 2.24) is 9.80 Å². The van der Waals surface area contributed by atoms with Gasteiger partial charge in [-0.2, -0.15) is 0 Å². The molecule has 2 aliphatic rings. The Morgan fingerprint density at radius 3 is 2.60 bits per heavy atom. The molecule has 6 nitrogen and oxygen atoms in total. The molecule has 0 aromatic heterocycles. The number of carbonyl (C=O) groups is 2. The second kappa shape index (κ2) is 6.43. The molecule has 2 fully saturated rings. The third kappa shape index (κ3) is 3.23. The Labute approximate surface area is 119 Å². The highest BCUT2D eigenvalue weighted by Gasteiger charge is 2.36. The van der Waals surface area contributed by atoms with Crippen LogP contribution in [0.4, 0.5) is 4.79 Å². The number of rotatable bonds is 1. The molecule has 0 bridgehead atoms. The number of hydrogen-bond donors (Lipinski definition) is 1. The summed E-state index contributed by atoms with van der Waals surface area (Å²) in [4.78, 5) is 27.4. The first-order valence-electron chi connectivity index (χ1n) is 7.42. The summed E-state index contributed by atoms with van der Waals surface area (Å²) in [5, 5.41) is 9.36. The van der Waals surface area contributed by atoms with Crippen LogP contribution in [0.2, 0.25) is 0 Å². The van der Waals surface area contributed by atoms with Gasteiger partial charge in [-0.3, -0.25) is 0 Å². The number of hydrogen-bond acceptors (Lipinski definition) is 3. The van der Waals surface area contributed by atoms with Gasteiger partial charge in [0.05, 0.1) is 18.8 Å². The molecule has 1 N–H and O–H groups in total. The van der Waals surface area contributed by atoms with Gasteiger partial charge in [0.2, 0.25) is 0 Å². The van der Waals surface area contributed by atoms with E-state index >= 15 is 0 Å². The summed E-state index contributed by atoms with van der Waals surface area (Å²) in [6.45, 7) is 5.45. The third-order valence-corrected chi connectivity index (χ3v) is 4.14. The Morgan fingerprint density at radius 1 is 1.15 bits per heavy atom. The number of likely N-dealkylation sites (tertiary alicyclic amines) is 1. The first-order valence-corrected chi connectivity index (χ1v) is 7.42. The van der Waals surface area contributed by atoms with Gasteiger partial charge < -0.3 is 19.6 Å². The van der Waals surface area contributed by atoms with Crippen molar-refractivity contribution in [3.8, 4) is 0 Å². The number of carboxylic acid groups (broad SMARTS) is 1. The van der Waals surface area contributed by atoms with Crippen LogP contribution in [0.5, 0.6) is 0 Å². The zero-order chi connectivity index (χ0) is 14.7. The van der Waals surface area contributed by atoms with Crippen LogP contribution >= 0.6 is 0 Å². The third-order valence-electron chi connectivity index (χ3n) is 4.14. The number of urea groups is 1. The van der Waals surface area contributed by atoms with Crippen molar-refractivity contribution in [3.05, 3.63) is 0 Å². The molecule has 114 valence electrons. The lowest BCUT2D eigenvalue weighted by atomic mass is 10.1. The summed E-state index contributed by atoms with van der Waals surface area (Å²) >= 11 is 0. The van der Waals surface area contributed by atoms with Crippen LogP contribution in [0.3, 0.4) is 0 Å². The molecular formula is C14H24N2O4. The number of nitrogens with zero attached hydrogens (tertiary/aromatic N) is 2. The molecule has 20 heavy (non-hydrogen) atoms. The normalized spacial score (nSPS) is 31.8. The summed E-state index contributed by atoms with van der Waals surface area (Å²) in [5.41, 5.74) is 0. The average molecular weight is 284 g/mol. The Balaban J connectivity index is 2.13. The first-order chi connectivity index (χ1) is 9.50. The predicted octanol–water partition coefficient (Wildman–Crippen LogP) is 1.54. The van der Waals surface area contributed by atoms with Crippen LogP contribution in [-0.2, 0) is 9.53 Å². The zero-order valence-corrected chi connectivity index (χ0v) is 12.2. The van der Waals surface area contributed by atoms with Gasteiger partial charge >= 0.3 is 12.0 Å². The van der Waals surface area contributed by atoms with Gasteiger partial charge in [0.25, 0.3) is 0 Å². The molecule has 3 atom stereocenters. The van der Waals surface area contributed by atoms with Crippen molar-refractivity contribution in [2.45, 2.75) is 57.7 Å². The van der Waals surface area contributed by atoms with Gasteiger partial charge in [-0.05, 0) is 26.7 Å². The summed E-state index contributed by atoms with van der Waals surface area (Å²) in [6.07, 6.45) is 3.29. The highest BCUT2D eigenvalue weighted by molar-refractivity contribution is 5.83. The van der Waals surface area contributed by atoms with E-state index in [0.29, 0.717) is 26.1 Å². The van der Waals surface area contributed by atoms with Gasteiger partial charge in [-0.1, -0.05) is 12.8 Å². The quantitative estimate of drug-likeness (QED) is 0.793. The first kappa shape index (κ1) is 15.1. The van der Waals surface area contributed by atoms with Crippen LogP contribution in [-0.4, -0.2) is 64.8 Å². The van der Waals surface area contributed by atoms with Crippen molar-refractivity contribution in [2.75, 3.05) is 19.7 Å². The molecule has 6 heteroatoms. The number of carboxylic acids is 1. The van der Waals surface area contributed by atoms with E-state index in [4.69, 9.17) is 4.74 Å². The van der Waals surface area contributed by atoms with Crippen molar-refractivity contribution in [3.63, 3.8) is 0 Å². The topological polar surface area (TPSA) is 70.1 Å². The van der Waals surface area contributed by atoms with Gasteiger partial charge in [-0.15, -0.1) is 0 Å². The Bertz CT molecular complexity index is 374. The standard InChI is InChI=1S/C14H24N2O4/c1-10-9-20-11(2)8-16(10)14(19)15-7-5-3-4-6-12(15)13(17)18/h10-12H,3-9H2,1-2H3,(H,17,18). The van der Waals surface area contributed by atoms with Gasteiger partial charge in [0.1, 0.15) is 6.04 Å². The smallest absolute Gasteiger partial charge is 0.326 e. The molecule has 0 aromatic carbocycles. The highest BCUT2D eigenvalue weighted by atomic mass is 16.5. The Kier molecular flexibility index (Phi) is 4.86. The summed E-state index contributed by atoms with van der Waals surface area (Å²) in [6, 6.07) is -0.839. The number of morpholine rings is 1. The lowest BCUT2D eigenvalue weighted by molar-refractivity contribution is -0.142. The van der Waals surface area contributed by atoms with Crippen LogP contribution in [0, 0.1) is 0 Å². The fraction of sp³-hybridized carbons (Fsp3) is 0.857. The van der Waals surface area contributed by atoms with Crippen molar-refractivity contribution in [1.29, 1.82) is 0 Å². The number of amides is 2. The van der Waals surface area contributed by atoms with Crippen LogP contribution in [0.25, 0.3) is 0 Å². The maximum Gasteiger partial charge on any atom is 0.326 e. The highest BCUT2D eigenvalue weighted by Crippen LogP contribution is 2.21. The predicted molar refractivity (Wildman–Crippen MR) is 73.6 cm³/mol. The molecule has 0 saturated carbocycles. The van der Waals surface area contributed by atoms with E-state index in [1.807, 2.05) is 13.8 Å². The number of ether oxygens (including phenoxy) is 1. The number of aliphatic carboxylic acids is 1. The van der Waals surface area contributed by atoms with E-state index in [9.17, 15) is 14.7 Å². The fourth-order valence-electron chi connectivity index (χ4n) is 2.93. The maximum atomic E-state index is 12.7. The molecule has 0 radical (unpaired) electrons. The molecule has 2 heterocycles. The van der Waals surface area contributed by atoms with Gasteiger partial charge in [-0.25, -0.2) is 9.59 Å². The fourth-order valence-corrected chi connectivity index (χ4v) is 2.93. The number of carbonyl (C=O) groups excluding carboxylic acids is 1. The minimum Gasteiger partial charge on any atom is -0.480 e. The molecule has 0 aliphatic carbocycles.